The van der Waals surface area contributed by atoms with E-state index in [0.29, 0.717) is 18.1 Å². The molecule has 4 nitrogen and oxygen atoms in total. The van der Waals surface area contributed by atoms with E-state index < -0.39 is 5.41 Å². The summed E-state index contributed by atoms with van der Waals surface area (Å²) < 4.78 is 4.77. The Bertz CT molecular complexity index is 254. The molecule has 5 heteroatoms. The lowest BCUT2D eigenvalue weighted by Gasteiger charge is -2.30. The van der Waals surface area contributed by atoms with Gasteiger partial charge in [-0.05, 0) is 26.8 Å². The number of nitrogens with zero attached hydrogens (tertiary/aromatic N) is 1. The Kier molecular flexibility index (Phi) is 6.52. The lowest BCUT2D eigenvalue weighted by molar-refractivity contribution is -0.151. The van der Waals surface area contributed by atoms with E-state index in [9.17, 15) is 4.79 Å². The summed E-state index contributed by atoms with van der Waals surface area (Å²) in [6, 6.07) is 0. The average molecular weight is 246 g/mol. The van der Waals surface area contributed by atoms with Crippen LogP contribution in [0, 0.1) is 5.41 Å². The number of carbonyl (C=O) groups excluding carboxylic acids is 1. The van der Waals surface area contributed by atoms with Gasteiger partial charge in [-0.15, -0.1) is 0 Å². The van der Waals surface area contributed by atoms with E-state index in [1.165, 1.54) is 7.11 Å². The number of esters is 1. The highest BCUT2D eigenvalue weighted by Gasteiger charge is 2.30. The van der Waals surface area contributed by atoms with Gasteiger partial charge in [-0.25, -0.2) is 0 Å². The van der Waals surface area contributed by atoms with Gasteiger partial charge in [-0.1, -0.05) is 19.1 Å². The molecular weight excluding hydrogens is 224 g/mol. The SMILES string of the molecule is CCCN(CC(N)=S)CC(C)(C)C(=O)OC. The first-order valence-electron chi connectivity index (χ1n) is 5.42. The Labute approximate surface area is 103 Å². The first kappa shape index (κ1) is 15.3. The van der Waals surface area contributed by atoms with Crippen LogP contribution in [0.5, 0.6) is 0 Å². The molecule has 0 spiro atoms. The average Bonchev–Trinajstić information content (AvgIpc) is 2.15. The quantitative estimate of drug-likeness (QED) is 0.540. The molecule has 0 amide bonds. The summed E-state index contributed by atoms with van der Waals surface area (Å²) in [5.74, 6) is -0.212. The predicted molar refractivity (Wildman–Crippen MR) is 69.3 cm³/mol. The van der Waals surface area contributed by atoms with Crippen molar-refractivity contribution in [3.8, 4) is 0 Å². The third-order valence-corrected chi connectivity index (χ3v) is 2.41. The summed E-state index contributed by atoms with van der Waals surface area (Å²) in [5.41, 5.74) is 4.99. The molecule has 2 N–H and O–H groups in total. The maximum atomic E-state index is 11.5. The molecule has 94 valence electrons. The first-order chi connectivity index (χ1) is 7.33. The van der Waals surface area contributed by atoms with E-state index in [-0.39, 0.29) is 5.97 Å². The van der Waals surface area contributed by atoms with Crippen LogP contribution in [0.4, 0.5) is 0 Å². The third-order valence-electron chi connectivity index (χ3n) is 2.28. The van der Waals surface area contributed by atoms with Crippen molar-refractivity contribution in [2.75, 3.05) is 26.7 Å². The van der Waals surface area contributed by atoms with Crippen LogP contribution < -0.4 is 5.73 Å². The second kappa shape index (κ2) is 6.81. The van der Waals surface area contributed by atoms with E-state index in [1.807, 2.05) is 13.8 Å². The number of methoxy groups -OCH3 is 1. The number of hydrogen-bond donors (Lipinski definition) is 1. The van der Waals surface area contributed by atoms with Gasteiger partial charge in [0.25, 0.3) is 0 Å². The molecule has 0 aromatic heterocycles. The number of hydrogen-bond acceptors (Lipinski definition) is 4. The number of rotatable bonds is 7. The number of ether oxygens (including phenoxy) is 1. The topological polar surface area (TPSA) is 55.6 Å². The van der Waals surface area contributed by atoms with Gasteiger partial charge in [0.15, 0.2) is 0 Å². The molecule has 0 saturated carbocycles. The van der Waals surface area contributed by atoms with Crippen molar-refractivity contribution in [1.82, 2.24) is 4.90 Å². The van der Waals surface area contributed by atoms with Gasteiger partial charge in [0, 0.05) is 13.1 Å². The second-order valence-electron chi connectivity index (χ2n) is 4.55. The lowest BCUT2D eigenvalue weighted by Crippen LogP contribution is -2.43. The zero-order valence-electron chi connectivity index (χ0n) is 10.6. The van der Waals surface area contributed by atoms with Gasteiger partial charge < -0.3 is 10.5 Å². The standard InChI is InChI=1S/C11H22N2O2S/c1-5-6-13(7-9(12)16)8-11(2,3)10(14)15-4/h5-8H2,1-4H3,(H2,12,16). The number of thiocarbonyl (C=S) groups is 1. The molecule has 0 aromatic carbocycles. The molecular formula is C11H22N2O2S. The van der Waals surface area contributed by atoms with Gasteiger partial charge >= 0.3 is 5.97 Å². The van der Waals surface area contributed by atoms with Crippen LogP contribution in [0.1, 0.15) is 27.2 Å². The molecule has 0 fully saturated rings. The zero-order chi connectivity index (χ0) is 12.8. The van der Waals surface area contributed by atoms with E-state index >= 15 is 0 Å². The summed E-state index contributed by atoms with van der Waals surface area (Å²) in [4.78, 5) is 14.1. The van der Waals surface area contributed by atoms with E-state index in [4.69, 9.17) is 22.7 Å². The zero-order valence-corrected chi connectivity index (χ0v) is 11.4. The van der Waals surface area contributed by atoms with Crippen LogP contribution in [0.15, 0.2) is 0 Å². The van der Waals surface area contributed by atoms with Crippen molar-refractivity contribution in [2.24, 2.45) is 11.1 Å². The van der Waals surface area contributed by atoms with Gasteiger partial charge in [0.2, 0.25) is 0 Å². The molecule has 0 rings (SSSR count). The maximum Gasteiger partial charge on any atom is 0.312 e. The number of carbonyl (C=O) groups is 1. The van der Waals surface area contributed by atoms with Crippen molar-refractivity contribution >= 4 is 23.2 Å². The lowest BCUT2D eigenvalue weighted by atomic mass is 9.93. The minimum atomic E-state index is -0.533. The van der Waals surface area contributed by atoms with E-state index in [1.54, 1.807) is 0 Å². The Hall–Kier alpha value is -0.680. The van der Waals surface area contributed by atoms with Crippen molar-refractivity contribution in [1.29, 1.82) is 0 Å². The molecule has 0 radical (unpaired) electrons. The van der Waals surface area contributed by atoms with Crippen LogP contribution in [-0.4, -0.2) is 42.6 Å². The van der Waals surface area contributed by atoms with E-state index in [2.05, 4.69) is 11.8 Å². The third kappa shape index (κ3) is 5.42. The van der Waals surface area contributed by atoms with Gasteiger partial charge in [0.05, 0.1) is 17.5 Å². The highest BCUT2D eigenvalue weighted by atomic mass is 32.1. The van der Waals surface area contributed by atoms with Crippen molar-refractivity contribution in [2.45, 2.75) is 27.2 Å². The summed E-state index contributed by atoms with van der Waals surface area (Å²) in [7, 11) is 1.40. The Morgan fingerprint density at radius 2 is 2.06 bits per heavy atom. The van der Waals surface area contributed by atoms with Gasteiger partial charge in [-0.3, -0.25) is 9.69 Å². The van der Waals surface area contributed by atoms with Gasteiger partial charge in [0.1, 0.15) is 0 Å². The van der Waals surface area contributed by atoms with Gasteiger partial charge in [-0.2, -0.15) is 0 Å². The molecule has 0 aliphatic carbocycles. The first-order valence-corrected chi connectivity index (χ1v) is 5.83. The fourth-order valence-electron chi connectivity index (χ4n) is 1.65. The molecule has 0 bridgehead atoms. The molecule has 0 aromatic rings. The van der Waals surface area contributed by atoms with Crippen LogP contribution in [0.3, 0.4) is 0 Å². The Balaban J connectivity index is 4.47. The molecule has 0 saturated heterocycles. The molecule has 16 heavy (non-hydrogen) atoms. The van der Waals surface area contributed by atoms with Crippen LogP contribution in [0.2, 0.25) is 0 Å². The highest BCUT2D eigenvalue weighted by molar-refractivity contribution is 7.80. The van der Waals surface area contributed by atoms with Crippen molar-refractivity contribution in [3.63, 3.8) is 0 Å². The number of nitrogens with two attached hydrogens (primary N) is 1. The minimum Gasteiger partial charge on any atom is -0.469 e. The summed E-state index contributed by atoms with van der Waals surface area (Å²) in [6.45, 7) is 7.83. The van der Waals surface area contributed by atoms with E-state index in [0.717, 1.165) is 13.0 Å². The fourth-order valence-corrected chi connectivity index (χ4v) is 1.83. The largest absolute Gasteiger partial charge is 0.469 e. The smallest absolute Gasteiger partial charge is 0.312 e. The Morgan fingerprint density at radius 1 is 1.50 bits per heavy atom. The highest BCUT2D eigenvalue weighted by Crippen LogP contribution is 2.18. The molecule has 0 aliphatic rings. The molecule has 0 unspecified atom stereocenters. The van der Waals surface area contributed by atoms with Crippen LogP contribution in [0.25, 0.3) is 0 Å². The normalized spacial score (nSPS) is 11.6. The molecule has 0 atom stereocenters. The molecule has 0 aliphatic heterocycles. The summed E-state index contributed by atoms with van der Waals surface area (Å²) >= 11 is 4.89. The molecule has 0 heterocycles. The monoisotopic (exact) mass is 246 g/mol. The fraction of sp³-hybridized carbons (Fsp3) is 0.818. The predicted octanol–water partition coefficient (Wildman–Crippen LogP) is 1.18. The maximum absolute atomic E-state index is 11.5. The van der Waals surface area contributed by atoms with Crippen molar-refractivity contribution < 1.29 is 9.53 Å². The Morgan fingerprint density at radius 3 is 2.44 bits per heavy atom. The van der Waals surface area contributed by atoms with Crippen LogP contribution in [-0.2, 0) is 9.53 Å². The summed E-state index contributed by atoms with van der Waals surface area (Å²) in [5, 5.41) is 0. The van der Waals surface area contributed by atoms with Crippen LogP contribution >= 0.6 is 12.2 Å². The summed E-state index contributed by atoms with van der Waals surface area (Å²) in [6.07, 6.45) is 1.000. The van der Waals surface area contributed by atoms with Crippen molar-refractivity contribution in [3.05, 3.63) is 0 Å². The second-order valence-corrected chi connectivity index (χ2v) is 5.08. The minimum absolute atomic E-state index is 0.212.